The van der Waals surface area contributed by atoms with Crippen LogP contribution in [-0.2, 0) is 23.9 Å². The number of aliphatic hydroxyl groups excluding tert-OH is 1. The van der Waals surface area contributed by atoms with Crippen molar-refractivity contribution in [1.29, 1.82) is 0 Å². The molecule has 0 aliphatic carbocycles. The van der Waals surface area contributed by atoms with E-state index in [4.69, 9.17) is 9.47 Å². The van der Waals surface area contributed by atoms with Gasteiger partial charge in [0.15, 0.2) is 0 Å². The number of likely N-dealkylation sites (tertiary alicyclic amines) is 1. The second-order valence-electron chi connectivity index (χ2n) is 10.8. The van der Waals surface area contributed by atoms with Crippen molar-refractivity contribution in [2.24, 2.45) is 11.8 Å². The van der Waals surface area contributed by atoms with Gasteiger partial charge in [-0.15, -0.1) is 0 Å². The maximum Gasteiger partial charge on any atom is 0.313 e. The van der Waals surface area contributed by atoms with Crippen LogP contribution >= 0.6 is 0 Å². The highest BCUT2D eigenvalue weighted by molar-refractivity contribution is 6.06. The van der Waals surface area contributed by atoms with Gasteiger partial charge < -0.3 is 24.4 Å². The van der Waals surface area contributed by atoms with Crippen molar-refractivity contribution < 1.29 is 29.0 Å². The first kappa shape index (κ1) is 25.8. The van der Waals surface area contributed by atoms with Gasteiger partial charge in [-0.3, -0.25) is 14.4 Å². The predicted molar refractivity (Wildman–Crippen MR) is 146 cm³/mol. The van der Waals surface area contributed by atoms with E-state index in [1.165, 1.54) is 0 Å². The third-order valence-electron chi connectivity index (χ3n) is 8.75. The maximum atomic E-state index is 14.5. The van der Waals surface area contributed by atoms with Crippen LogP contribution in [0, 0.1) is 11.8 Å². The number of esters is 1. The number of fused-ring (bicyclic) bond motifs is 3. The summed E-state index contributed by atoms with van der Waals surface area (Å²) >= 11 is 0. The first-order chi connectivity index (χ1) is 19.0. The van der Waals surface area contributed by atoms with E-state index in [2.05, 4.69) is 0 Å². The Hall–Kier alpha value is -3.49. The highest BCUT2D eigenvalue weighted by Crippen LogP contribution is 2.58. The molecule has 2 fully saturated rings. The molecule has 0 radical (unpaired) electrons. The summed E-state index contributed by atoms with van der Waals surface area (Å²) in [5.74, 6) is -2.72. The van der Waals surface area contributed by atoms with Crippen LogP contribution in [0.5, 0.6) is 0 Å². The molecule has 1 N–H and O–H groups in total. The van der Waals surface area contributed by atoms with Crippen molar-refractivity contribution >= 4 is 34.2 Å². The monoisotopic (exact) mass is 530 g/mol. The lowest BCUT2D eigenvalue weighted by atomic mass is 9.73. The third-order valence-corrected chi connectivity index (χ3v) is 8.75. The second kappa shape index (κ2) is 9.92. The minimum absolute atomic E-state index is 0.00642. The lowest BCUT2D eigenvalue weighted by molar-refractivity contribution is -0.160. The van der Waals surface area contributed by atoms with Crippen molar-refractivity contribution in [1.82, 2.24) is 4.90 Å². The van der Waals surface area contributed by atoms with Crippen LogP contribution in [0.25, 0.3) is 10.8 Å². The van der Waals surface area contributed by atoms with Crippen LogP contribution in [0.15, 0.2) is 66.8 Å². The average Bonchev–Trinajstić information content (AvgIpc) is 3.28. The van der Waals surface area contributed by atoms with Gasteiger partial charge in [0.05, 0.1) is 12.5 Å². The molecule has 39 heavy (non-hydrogen) atoms. The number of cyclic esters (lactones) is 1. The first-order valence-corrected chi connectivity index (χ1v) is 13.9. The molecule has 8 nitrogen and oxygen atoms in total. The number of hydrogen-bond acceptors (Lipinski definition) is 6. The lowest BCUT2D eigenvalue weighted by Gasteiger charge is -2.38. The molecular formula is C31H34N2O6. The summed E-state index contributed by atoms with van der Waals surface area (Å²) in [4.78, 5) is 45.5. The van der Waals surface area contributed by atoms with E-state index in [-0.39, 0.29) is 31.6 Å². The smallest absolute Gasteiger partial charge is 0.313 e. The Morgan fingerprint density at radius 1 is 0.974 bits per heavy atom. The van der Waals surface area contributed by atoms with Gasteiger partial charge in [0.25, 0.3) is 5.91 Å². The molecule has 6 rings (SSSR count). The molecule has 4 heterocycles. The van der Waals surface area contributed by atoms with Gasteiger partial charge in [-0.2, -0.15) is 0 Å². The van der Waals surface area contributed by atoms with Gasteiger partial charge in [0, 0.05) is 25.4 Å². The van der Waals surface area contributed by atoms with Crippen molar-refractivity contribution in [3.8, 4) is 0 Å². The number of unbranched alkanes of at least 4 members (excludes halogenated alkanes) is 1. The first-order valence-electron chi connectivity index (χ1n) is 13.9. The van der Waals surface area contributed by atoms with Crippen molar-refractivity contribution in [3.63, 3.8) is 0 Å². The van der Waals surface area contributed by atoms with Gasteiger partial charge in [0.1, 0.15) is 23.2 Å². The fourth-order valence-corrected chi connectivity index (χ4v) is 6.94. The molecule has 4 aliphatic heterocycles. The standard InChI is InChI=1S/C31H34N2O6/c1-2-30-14-5-8-19-38-29(37)25(30)24-27(35)33(16-6-7-18-34)26-28(36)32(17-9-15-31(24,26)39-30)23-13-12-21-10-3-4-11-22(21)20-23/h3-5,9-15,20,24-26,34H,2,6-8,16-19H2,1H3/t24-,25-,26?,30+,31-/m0/s1. The molecule has 1 spiro atoms. The van der Waals surface area contributed by atoms with Crippen molar-refractivity contribution in [2.45, 2.75) is 49.9 Å². The van der Waals surface area contributed by atoms with E-state index in [0.29, 0.717) is 32.2 Å². The third kappa shape index (κ3) is 3.92. The number of hydrogen-bond donors (Lipinski definition) is 1. The zero-order valence-corrected chi connectivity index (χ0v) is 22.1. The van der Waals surface area contributed by atoms with E-state index < -0.39 is 35.0 Å². The molecule has 204 valence electrons. The number of ether oxygens (including phenoxy) is 2. The maximum absolute atomic E-state index is 14.5. The molecule has 5 atom stereocenters. The minimum atomic E-state index is -1.31. The summed E-state index contributed by atoms with van der Waals surface area (Å²) in [6.07, 6.45) is 9.66. The summed E-state index contributed by atoms with van der Waals surface area (Å²) < 4.78 is 12.5. The van der Waals surface area contributed by atoms with Gasteiger partial charge in [-0.05, 0) is 48.6 Å². The molecule has 8 heteroatoms. The molecule has 0 saturated carbocycles. The van der Waals surface area contributed by atoms with Gasteiger partial charge in [-0.25, -0.2) is 0 Å². The molecule has 2 aromatic rings. The van der Waals surface area contributed by atoms with Crippen molar-refractivity contribution in [3.05, 3.63) is 66.8 Å². The summed E-state index contributed by atoms with van der Waals surface area (Å²) in [6.45, 7) is 2.77. The number of nitrogens with zero attached hydrogens (tertiary/aromatic N) is 2. The van der Waals surface area contributed by atoms with Crippen LogP contribution in [0.1, 0.15) is 32.6 Å². The number of aliphatic hydroxyl groups is 1. The number of carbonyl (C=O) groups is 3. The molecule has 1 unspecified atom stereocenters. The number of anilines is 1. The highest BCUT2D eigenvalue weighted by Gasteiger charge is 2.75. The van der Waals surface area contributed by atoms with Gasteiger partial charge >= 0.3 is 5.97 Å². The number of carbonyl (C=O) groups excluding carboxylic acids is 3. The highest BCUT2D eigenvalue weighted by atomic mass is 16.6. The Bertz CT molecular complexity index is 1370. The minimum Gasteiger partial charge on any atom is -0.465 e. The summed E-state index contributed by atoms with van der Waals surface area (Å²) in [7, 11) is 0. The number of rotatable bonds is 6. The largest absolute Gasteiger partial charge is 0.465 e. The fourth-order valence-electron chi connectivity index (χ4n) is 6.94. The van der Waals surface area contributed by atoms with Crippen molar-refractivity contribution in [2.75, 3.05) is 31.2 Å². The van der Waals surface area contributed by atoms with E-state index in [1.54, 1.807) is 9.80 Å². The Kier molecular flexibility index (Phi) is 6.55. The van der Waals surface area contributed by atoms with Crippen LogP contribution in [-0.4, -0.2) is 71.3 Å². The van der Waals surface area contributed by atoms with E-state index in [9.17, 15) is 19.5 Å². The Balaban J connectivity index is 1.47. The van der Waals surface area contributed by atoms with Gasteiger partial charge in [-0.1, -0.05) is 61.6 Å². The predicted octanol–water partition coefficient (Wildman–Crippen LogP) is 3.38. The quantitative estimate of drug-likeness (QED) is 0.350. The summed E-state index contributed by atoms with van der Waals surface area (Å²) in [6, 6.07) is 12.9. The van der Waals surface area contributed by atoms with Crippen LogP contribution in [0.3, 0.4) is 0 Å². The van der Waals surface area contributed by atoms with Crippen LogP contribution < -0.4 is 4.90 Å². The van der Waals surface area contributed by atoms with Gasteiger partial charge in [0.2, 0.25) is 5.91 Å². The zero-order valence-electron chi connectivity index (χ0n) is 22.1. The Morgan fingerprint density at radius 2 is 1.79 bits per heavy atom. The molecule has 0 aromatic heterocycles. The molecule has 2 aromatic carbocycles. The van der Waals surface area contributed by atoms with E-state index in [1.807, 2.05) is 73.7 Å². The van der Waals surface area contributed by atoms with E-state index in [0.717, 1.165) is 16.5 Å². The van der Waals surface area contributed by atoms with E-state index >= 15 is 0 Å². The molecule has 0 bridgehead atoms. The Morgan fingerprint density at radius 3 is 2.59 bits per heavy atom. The summed E-state index contributed by atoms with van der Waals surface area (Å²) in [5.41, 5.74) is -1.62. The second-order valence-corrected chi connectivity index (χ2v) is 10.8. The molecule has 2 saturated heterocycles. The summed E-state index contributed by atoms with van der Waals surface area (Å²) in [5, 5.41) is 11.5. The topological polar surface area (TPSA) is 96.4 Å². The molecular weight excluding hydrogens is 496 g/mol. The molecule has 2 amide bonds. The fraction of sp³-hybridized carbons (Fsp3) is 0.452. The lowest BCUT2D eigenvalue weighted by Crippen LogP contribution is -2.56. The molecule has 4 aliphatic rings. The van der Waals surface area contributed by atoms with Crippen LogP contribution in [0.4, 0.5) is 5.69 Å². The van der Waals surface area contributed by atoms with Crippen LogP contribution in [0.2, 0.25) is 0 Å². The number of benzene rings is 2. The normalized spacial score (nSPS) is 31.9. The SMILES string of the molecule is CC[C@@]12C=CCCOC(=O)[C@@H]1[C@H]1C(=O)N(CCCCO)C3C(=O)N(c4ccc5ccccc5c4)CC=C[C@@]31O2. The Labute approximate surface area is 227 Å². The number of amides is 2. The zero-order chi connectivity index (χ0) is 27.2. The average molecular weight is 531 g/mol.